The molecule has 0 aromatic heterocycles. The van der Waals surface area contributed by atoms with E-state index >= 15 is 0 Å². The summed E-state index contributed by atoms with van der Waals surface area (Å²) in [5.41, 5.74) is 1.94. The Labute approximate surface area is 68.4 Å². The van der Waals surface area contributed by atoms with Gasteiger partial charge < -0.3 is 4.74 Å². The Bertz CT molecular complexity index is 201. The first-order chi connectivity index (χ1) is 5.20. The Hall–Kier alpha value is -0.460. The van der Waals surface area contributed by atoms with Crippen LogP contribution in [0.3, 0.4) is 0 Å². The highest BCUT2D eigenvalue weighted by Gasteiger charge is 2.34. The van der Waals surface area contributed by atoms with Gasteiger partial charge in [0.2, 0.25) is 0 Å². The molecule has 11 heavy (non-hydrogen) atoms. The first-order valence-electron chi connectivity index (χ1n) is 4.55. The highest BCUT2D eigenvalue weighted by molar-refractivity contribution is 5.23. The van der Waals surface area contributed by atoms with Crippen molar-refractivity contribution in [1.29, 1.82) is 0 Å². The van der Waals surface area contributed by atoms with E-state index in [4.69, 9.17) is 4.74 Å². The lowest BCUT2D eigenvalue weighted by atomic mass is 9.80. The number of allylic oxidation sites excluding steroid dienone is 1. The molecular formula is C10H16O. The summed E-state index contributed by atoms with van der Waals surface area (Å²) in [6, 6.07) is 0. The molecule has 0 aromatic carbocycles. The van der Waals surface area contributed by atoms with Gasteiger partial charge in [0.25, 0.3) is 0 Å². The van der Waals surface area contributed by atoms with Gasteiger partial charge in [-0.25, -0.2) is 0 Å². The Kier molecular flexibility index (Phi) is 1.48. The van der Waals surface area contributed by atoms with Crippen LogP contribution >= 0.6 is 0 Å². The van der Waals surface area contributed by atoms with Crippen LogP contribution in [0.4, 0.5) is 0 Å². The molecule has 1 aliphatic carbocycles. The first kappa shape index (κ1) is 7.20. The van der Waals surface area contributed by atoms with Crippen LogP contribution in [-0.2, 0) is 4.74 Å². The van der Waals surface area contributed by atoms with Crippen molar-refractivity contribution in [2.75, 3.05) is 6.61 Å². The van der Waals surface area contributed by atoms with E-state index in [0.717, 1.165) is 6.61 Å². The molecule has 2 aliphatic rings. The van der Waals surface area contributed by atoms with Gasteiger partial charge in [-0.1, -0.05) is 13.8 Å². The first-order valence-corrected chi connectivity index (χ1v) is 4.55. The molecule has 1 heteroatoms. The van der Waals surface area contributed by atoms with Crippen LogP contribution in [0.5, 0.6) is 0 Å². The van der Waals surface area contributed by atoms with Crippen LogP contribution in [-0.4, -0.2) is 6.61 Å². The van der Waals surface area contributed by atoms with Gasteiger partial charge in [-0.05, 0) is 24.8 Å². The minimum Gasteiger partial charge on any atom is -0.497 e. The molecule has 0 radical (unpaired) electrons. The summed E-state index contributed by atoms with van der Waals surface area (Å²) >= 11 is 0. The third kappa shape index (κ3) is 1.07. The molecule has 1 nitrogen and oxygen atoms in total. The Morgan fingerprint density at radius 1 is 1.18 bits per heavy atom. The van der Waals surface area contributed by atoms with Crippen LogP contribution < -0.4 is 0 Å². The van der Waals surface area contributed by atoms with Gasteiger partial charge in [-0.3, -0.25) is 0 Å². The lowest BCUT2D eigenvalue weighted by Crippen LogP contribution is -2.15. The van der Waals surface area contributed by atoms with Gasteiger partial charge in [0.05, 0.1) is 12.4 Å². The minimum absolute atomic E-state index is 0.343. The molecule has 1 heterocycles. The summed E-state index contributed by atoms with van der Waals surface area (Å²) in [5.74, 6) is 1.32. The Balaban J connectivity index is 2.29. The zero-order valence-corrected chi connectivity index (χ0v) is 7.44. The summed E-state index contributed by atoms with van der Waals surface area (Å²) < 4.78 is 5.65. The number of ether oxygens (including phenoxy) is 1. The molecule has 62 valence electrons. The molecule has 0 aromatic rings. The summed E-state index contributed by atoms with van der Waals surface area (Å²) in [4.78, 5) is 0. The molecule has 0 unspecified atom stereocenters. The van der Waals surface area contributed by atoms with Crippen molar-refractivity contribution in [1.82, 2.24) is 0 Å². The molecular weight excluding hydrogens is 136 g/mol. The molecule has 0 saturated heterocycles. The molecule has 0 spiro atoms. The Morgan fingerprint density at radius 3 is 2.64 bits per heavy atom. The van der Waals surface area contributed by atoms with Gasteiger partial charge in [-0.2, -0.15) is 0 Å². The quantitative estimate of drug-likeness (QED) is 0.518. The number of hydrogen-bond acceptors (Lipinski definition) is 1. The third-order valence-corrected chi connectivity index (χ3v) is 2.84. The van der Waals surface area contributed by atoms with Crippen molar-refractivity contribution < 1.29 is 4.74 Å². The zero-order chi connectivity index (χ0) is 7.90. The number of hydrogen-bond donors (Lipinski definition) is 0. The third-order valence-electron chi connectivity index (χ3n) is 2.84. The molecule has 0 amide bonds. The monoisotopic (exact) mass is 152 g/mol. The normalized spacial score (nSPS) is 28.2. The van der Waals surface area contributed by atoms with E-state index in [1.54, 1.807) is 5.57 Å². The summed E-state index contributed by atoms with van der Waals surface area (Å²) in [7, 11) is 0. The van der Waals surface area contributed by atoms with Crippen LogP contribution in [0, 0.1) is 5.41 Å². The molecule has 2 rings (SSSR count). The minimum atomic E-state index is 0.343. The molecule has 0 saturated carbocycles. The van der Waals surface area contributed by atoms with Crippen LogP contribution in [0.25, 0.3) is 0 Å². The maximum absolute atomic E-state index is 5.65. The van der Waals surface area contributed by atoms with Crippen molar-refractivity contribution in [3.8, 4) is 0 Å². The van der Waals surface area contributed by atoms with Crippen molar-refractivity contribution in [3.05, 3.63) is 11.3 Å². The van der Waals surface area contributed by atoms with E-state index < -0.39 is 0 Å². The van der Waals surface area contributed by atoms with Crippen LogP contribution in [0.2, 0.25) is 0 Å². The molecule has 0 fully saturated rings. The van der Waals surface area contributed by atoms with Gasteiger partial charge >= 0.3 is 0 Å². The number of rotatable bonds is 0. The van der Waals surface area contributed by atoms with Gasteiger partial charge in [0.15, 0.2) is 0 Å². The van der Waals surface area contributed by atoms with E-state index in [0.29, 0.717) is 5.41 Å². The summed E-state index contributed by atoms with van der Waals surface area (Å²) in [5, 5.41) is 0. The SMILES string of the molecule is CC1(C)COC2=C1CCCC2. The van der Waals surface area contributed by atoms with E-state index in [2.05, 4.69) is 13.8 Å². The predicted octanol–water partition coefficient (Wildman–Crippen LogP) is 2.87. The van der Waals surface area contributed by atoms with Crippen molar-refractivity contribution in [3.63, 3.8) is 0 Å². The zero-order valence-electron chi connectivity index (χ0n) is 7.44. The maximum atomic E-state index is 5.65. The topological polar surface area (TPSA) is 9.23 Å². The van der Waals surface area contributed by atoms with Crippen molar-refractivity contribution in [2.24, 2.45) is 5.41 Å². The predicted molar refractivity (Wildman–Crippen MR) is 45.2 cm³/mol. The fraction of sp³-hybridized carbons (Fsp3) is 0.800. The lowest BCUT2D eigenvalue weighted by Gasteiger charge is -2.21. The molecule has 0 atom stereocenters. The maximum Gasteiger partial charge on any atom is 0.0966 e. The van der Waals surface area contributed by atoms with Crippen molar-refractivity contribution in [2.45, 2.75) is 39.5 Å². The molecule has 0 N–H and O–H groups in total. The highest BCUT2D eigenvalue weighted by Crippen LogP contribution is 2.43. The standard InChI is InChI=1S/C10H16O/c1-10(2)7-11-9-6-4-3-5-8(9)10/h3-7H2,1-2H3. The van der Waals surface area contributed by atoms with E-state index in [-0.39, 0.29) is 0 Å². The van der Waals surface area contributed by atoms with Gasteiger partial charge in [0.1, 0.15) is 0 Å². The Morgan fingerprint density at radius 2 is 1.91 bits per heavy atom. The van der Waals surface area contributed by atoms with Crippen LogP contribution in [0.1, 0.15) is 39.5 Å². The van der Waals surface area contributed by atoms with E-state index in [1.807, 2.05) is 0 Å². The second-order valence-corrected chi connectivity index (χ2v) is 4.28. The largest absolute Gasteiger partial charge is 0.497 e. The lowest BCUT2D eigenvalue weighted by molar-refractivity contribution is 0.179. The fourth-order valence-corrected chi connectivity index (χ4v) is 2.11. The second-order valence-electron chi connectivity index (χ2n) is 4.28. The average molecular weight is 152 g/mol. The summed E-state index contributed by atoms with van der Waals surface area (Å²) in [6.07, 6.45) is 5.17. The van der Waals surface area contributed by atoms with E-state index in [9.17, 15) is 0 Å². The summed E-state index contributed by atoms with van der Waals surface area (Å²) in [6.45, 7) is 5.50. The van der Waals surface area contributed by atoms with Crippen LogP contribution in [0.15, 0.2) is 11.3 Å². The average Bonchev–Trinajstić information content (AvgIpc) is 2.29. The van der Waals surface area contributed by atoms with Gasteiger partial charge in [0, 0.05) is 11.8 Å². The fourth-order valence-electron chi connectivity index (χ4n) is 2.11. The van der Waals surface area contributed by atoms with E-state index in [1.165, 1.54) is 31.4 Å². The van der Waals surface area contributed by atoms with Crippen molar-refractivity contribution >= 4 is 0 Å². The van der Waals surface area contributed by atoms with Gasteiger partial charge in [-0.15, -0.1) is 0 Å². The second kappa shape index (κ2) is 2.26. The molecule has 0 bridgehead atoms. The molecule has 1 aliphatic heterocycles. The highest BCUT2D eigenvalue weighted by atomic mass is 16.5. The smallest absolute Gasteiger partial charge is 0.0966 e.